The first-order valence-electron chi connectivity index (χ1n) is 6.80. The molecule has 1 saturated carbocycles. The zero-order valence-electron chi connectivity index (χ0n) is 11.5. The minimum absolute atomic E-state index is 0.168. The summed E-state index contributed by atoms with van der Waals surface area (Å²) in [5, 5.41) is 12.1. The number of rotatable bonds is 4. The van der Waals surface area contributed by atoms with Crippen LogP contribution in [-0.2, 0) is 9.59 Å². The summed E-state index contributed by atoms with van der Waals surface area (Å²) in [6.07, 6.45) is 5.02. The summed E-state index contributed by atoms with van der Waals surface area (Å²) >= 11 is 1.56. The highest BCUT2D eigenvalue weighted by atomic mass is 32.2. The predicted molar refractivity (Wildman–Crippen MR) is 79.9 cm³/mol. The monoisotopic (exact) mass is 293 g/mol. The van der Waals surface area contributed by atoms with Crippen molar-refractivity contribution in [3.63, 3.8) is 0 Å². The second kappa shape index (κ2) is 6.79. The molecule has 20 heavy (non-hydrogen) atoms. The topological polar surface area (TPSA) is 66.4 Å². The molecular weight excluding hydrogens is 274 g/mol. The lowest BCUT2D eigenvalue weighted by Gasteiger charge is -2.27. The summed E-state index contributed by atoms with van der Waals surface area (Å²) in [5.41, 5.74) is 0.764. The maximum Gasteiger partial charge on any atom is 0.307 e. The Balaban J connectivity index is 2.12. The molecule has 0 heterocycles. The number of carboxylic acid groups (broad SMARTS) is 1. The number of anilines is 1. The normalized spacial score (nSPS) is 22.2. The van der Waals surface area contributed by atoms with Crippen molar-refractivity contribution in [3.8, 4) is 0 Å². The van der Waals surface area contributed by atoms with E-state index in [9.17, 15) is 14.7 Å². The third-order valence-electron chi connectivity index (χ3n) is 3.78. The van der Waals surface area contributed by atoms with E-state index in [1.54, 1.807) is 11.8 Å². The highest BCUT2D eigenvalue weighted by molar-refractivity contribution is 7.98. The SMILES string of the molecule is CSc1ccccc1NC(=O)[C@@H]1CCCC[C@@H]1C(=O)O. The van der Waals surface area contributed by atoms with Crippen molar-refractivity contribution >= 4 is 29.3 Å². The molecule has 1 amide bonds. The third-order valence-corrected chi connectivity index (χ3v) is 4.58. The second-order valence-corrected chi connectivity index (χ2v) is 5.87. The van der Waals surface area contributed by atoms with E-state index in [1.807, 2.05) is 30.5 Å². The number of para-hydroxylation sites is 1. The zero-order valence-corrected chi connectivity index (χ0v) is 12.3. The van der Waals surface area contributed by atoms with Crippen molar-refractivity contribution in [2.24, 2.45) is 11.8 Å². The molecule has 1 aliphatic carbocycles. The summed E-state index contributed by atoms with van der Waals surface area (Å²) in [5.74, 6) is -2.00. The Morgan fingerprint density at radius 1 is 1.20 bits per heavy atom. The van der Waals surface area contributed by atoms with Gasteiger partial charge in [0.15, 0.2) is 0 Å². The number of hydrogen-bond acceptors (Lipinski definition) is 3. The second-order valence-electron chi connectivity index (χ2n) is 5.03. The van der Waals surface area contributed by atoms with E-state index in [2.05, 4.69) is 5.32 Å². The van der Waals surface area contributed by atoms with E-state index in [-0.39, 0.29) is 5.91 Å². The highest BCUT2D eigenvalue weighted by Crippen LogP contribution is 2.32. The predicted octanol–water partition coefficient (Wildman–Crippen LogP) is 3.24. The highest BCUT2D eigenvalue weighted by Gasteiger charge is 2.35. The molecule has 0 unspecified atom stereocenters. The standard InChI is InChI=1S/C15H19NO3S/c1-20-13-9-5-4-8-12(13)16-14(17)10-6-2-3-7-11(10)15(18)19/h4-5,8-11H,2-3,6-7H2,1H3,(H,16,17)(H,18,19)/t10-,11+/m1/s1. The fourth-order valence-electron chi connectivity index (χ4n) is 2.71. The number of nitrogens with one attached hydrogen (secondary N) is 1. The Bertz CT molecular complexity index is 504. The van der Waals surface area contributed by atoms with Gasteiger partial charge in [-0.2, -0.15) is 0 Å². The van der Waals surface area contributed by atoms with Gasteiger partial charge in [0.25, 0.3) is 0 Å². The van der Waals surface area contributed by atoms with E-state index < -0.39 is 17.8 Å². The summed E-state index contributed by atoms with van der Waals surface area (Å²) in [4.78, 5) is 24.6. The third kappa shape index (κ3) is 3.33. The number of amides is 1. The molecule has 0 saturated heterocycles. The molecule has 1 aliphatic rings. The van der Waals surface area contributed by atoms with Gasteiger partial charge in [-0.3, -0.25) is 9.59 Å². The molecule has 0 bridgehead atoms. The van der Waals surface area contributed by atoms with Gasteiger partial charge in [0.05, 0.1) is 17.5 Å². The number of hydrogen-bond donors (Lipinski definition) is 2. The Labute approximate surface area is 123 Å². The smallest absolute Gasteiger partial charge is 0.307 e. The summed E-state index contributed by atoms with van der Waals surface area (Å²) in [7, 11) is 0. The Morgan fingerprint density at radius 3 is 2.50 bits per heavy atom. The van der Waals surface area contributed by atoms with Gasteiger partial charge in [-0.1, -0.05) is 25.0 Å². The van der Waals surface area contributed by atoms with Crippen LogP contribution in [0.4, 0.5) is 5.69 Å². The van der Waals surface area contributed by atoms with Crippen LogP contribution in [0, 0.1) is 11.8 Å². The lowest BCUT2D eigenvalue weighted by Crippen LogP contribution is -2.36. The molecular formula is C15H19NO3S. The van der Waals surface area contributed by atoms with Gasteiger partial charge in [0.1, 0.15) is 0 Å². The first-order chi connectivity index (χ1) is 9.63. The van der Waals surface area contributed by atoms with Crippen LogP contribution in [-0.4, -0.2) is 23.2 Å². The molecule has 0 aromatic heterocycles. The van der Waals surface area contributed by atoms with Crippen LogP contribution >= 0.6 is 11.8 Å². The van der Waals surface area contributed by atoms with Crippen molar-refractivity contribution in [1.82, 2.24) is 0 Å². The number of aliphatic carboxylic acids is 1. The number of benzene rings is 1. The minimum Gasteiger partial charge on any atom is -0.481 e. The lowest BCUT2D eigenvalue weighted by atomic mass is 9.78. The van der Waals surface area contributed by atoms with Gasteiger partial charge in [0.2, 0.25) is 5.91 Å². The van der Waals surface area contributed by atoms with Crippen LogP contribution in [0.5, 0.6) is 0 Å². The number of carboxylic acids is 1. The summed E-state index contributed by atoms with van der Waals surface area (Å²) in [6.45, 7) is 0. The van der Waals surface area contributed by atoms with Crippen LogP contribution in [0.2, 0.25) is 0 Å². The van der Waals surface area contributed by atoms with Gasteiger partial charge in [-0.05, 0) is 31.2 Å². The summed E-state index contributed by atoms with van der Waals surface area (Å²) < 4.78 is 0. The van der Waals surface area contributed by atoms with Gasteiger partial charge in [-0.25, -0.2) is 0 Å². The first kappa shape index (κ1) is 14.9. The van der Waals surface area contributed by atoms with Crippen molar-refractivity contribution < 1.29 is 14.7 Å². The van der Waals surface area contributed by atoms with Crippen molar-refractivity contribution in [1.29, 1.82) is 0 Å². The molecule has 2 atom stereocenters. The molecule has 0 radical (unpaired) electrons. The molecule has 1 aromatic carbocycles. The van der Waals surface area contributed by atoms with Gasteiger partial charge < -0.3 is 10.4 Å². The molecule has 0 spiro atoms. The zero-order chi connectivity index (χ0) is 14.5. The van der Waals surface area contributed by atoms with Crippen molar-refractivity contribution in [3.05, 3.63) is 24.3 Å². The van der Waals surface area contributed by atoms with E-state index in [0.29, 0.717) is 12.8 Å². The van der Waals surface area contributed by atoms with Crippen LogP contribution in [0.15, 0.2) is 29.2 Å². The van der Waals surface area contributed by atoms with Gasteiger partial charge in [0, 0.05) is 4.90 Å². The number of carbonyl (C=O) groups is 2. The maximum absolute atomic E-state index is 12.4. The van der Waals surface area contributed by atoms with Crippen LogP contribution in [0.3, 0.4) is 0 Å². The van der Waals surface area contributed by atoms with Crippen LogP contribution in [0.1, 0.15) is 25.7 Å². The molecule has 0 aliphatic heterocycles. The van der Waals surface area contributed by atoms with E-state index in [1.165, 1.54) is 0 Å². The first-order valence-corrected chi connectivity index (χ1v) is 8.02. The van der Waals surface area contributed by atoms with E-state index in [4.69, 9.17) is 0 Å². The fourth-order valence-corrected chi connectivity index (χ4v) is 3.27. The number of thioether (sulfide) groups is 1. The van der Waals surface area contributed by atoms with Crippen molar-refractivity contribution in [2.75, 3.05) is 11.6 Å². The Hall–Kier alpha value is -1.49. The van der Waals surface area contributed by atoms with Gasteiger partial charge >= 0.3 is 5.97 Å². The van der Waals surface area contributed by atoms with Crippen molar-refractivity contribution in [2.45, 2.75) is 30.6 Å². The van der Waals surface area contributed by atoms with Gasteiger partial charge in [-0.15, -0.1) is 11.8 Å². The van der Waals surface area contributed by atoms with E-state index >= 15 is 0 Å². The molecule has 108 valence electrons. The van der Waals surface area contributed by atoms with Crippen LogP contribution < -0.4 is 5.32 Å². The molecule has 1 aromatic rings. The fraction of sp³-hybridized carbons (Fsp3) is 0.467. The average Bonchev–Trinajstić information content (AvgIpc) is 2.47. The Morgan fingerprint density at radius 2 is 1.85 bits per heavy atom. The minimum atomic E-state index is -0.858. The largest absolute Gasteiger partial charge is 0.481 e. The number of carbonyl (C=O) groups excluding carboxylic acids is 1. The quantitative estimate of drug-likeness (QED) is 0.836. The Kier molecular flexibility index (Phi) is 5.06. The lowest BCUT2D eigenvalue weighted by molar-refractivity contribution is -0.147. The summed E-state index contributed by atoms with van der Waals surface area (Å²) in [6, 6.07) is 7.57. The maximum atomic E-state index is 12.4. The molecule has 2 N–H and O–H groups in total. The molecule has 1 fully saturated rings. The van der Waals surface area contributed by atoms with E-state index in [0.717, 1.165) is 23.4 Å². The molecule has 4 nitrogen and oxygen atoms in total. The van der Waals surface area contributed by atoms with Crippen LogP contribution in [0.25, 0.3) is 0 Å². The average molecular weight is 293 g/mol. The molecule has 2 rings (SSSR count). The molecule has 5 heteroatoms.